The fourth-order valence-electron chi connectivity index (χ4n) is 2.02. The number of H-pyrrole nitrogens is 1. The van der Waals surface area contributed by atoms with Crippen LogP contribution < -0.4 is 0 Å². The maximum atomic E-state index is 10.1. The standard InChI is InChI=1S/C10H20O2.C6H5N3/c1-2-3-4-5-6-7-8-9-10(11)12;1-2-4-6-5(3-1)7-9-8-6/h2-9H2,1H3,(H,11,12);1-4H,(H,7,8,9). The van der Waals surface area contributed by atoms with E-state index in [9.17, 15) is 4.79 Å². The summed E-state index contributed by atoms with van der Waals surface area (Å²) in [6, 6.07) is 7.70. The average molecular weight is 291 g/mol. The fraction of sp³-hybridized carbons (Fsp3) is 0.562. The molecule has 116 valence electrons. The van der Waals surface area contributed by atoms with Gasteiger partial charge in [0, 0.05) is 6.42 Å². The van der Waals surface area contributed by atoms with Crippen LogP contribution in [0, 0.1) is 0 Å². The van der Waals surface area contributed by atoms with Crippen molar-refractivity contribution in [3.05, 3.63) is 24.3 Å². The molecule has 0 fully saturated rings. The highest BCUT2D eigenvalue weighted by molar-refractivity contribution is 5.72. The molecular formula is C16H25N3O2. The first kappa shape index (κ1) is 17.1. The highest BCUT2D eigenvalue weighted by Crippen LogP contribution is 2.08. The zero-order chi connectivity index (χ0) is 15.3. The van der Waals surface area contributed by atoms with Crippen molar-refractivity contribution in [2.75, 3.05) is 0 Å². The van der Waals surface area contributed by atoms with E-state index < -0.39 is 5.97 Å². The van der Waals surface area contributed by atoms with Crippen molar-refractivity contribution >= 4 is 17.0 Å². The molecule has 2 N–H and O–H groups in total. The number of aliphatic carboxylic acids is 1. The molecule has 0 saturated heterocycles. The number of benzene rings is 1. The second kappa shape index (κ2) is 10.8. The maximum absolute atomic E-state index is 10.1. The second-order valence-electron chi connectivity index (χ2n) is 5.08. The van der Waals surface area contributed by atoms with Gasteiger partial charge in [-0.1, -0.05) is 57.6 Å². The van der Waals surface area contributed by atoms with Crippen LogP contribution in [0.2, 0.25) is 0 Å². The summed E-state index contributed by atoms with van der Waals surface area (Å²) in [7, 11) is 0. The molecule has 5 heteroatoms. The number of nitrogens with zero attached hydrogens (tertiary/aromatic N) is 2. The van der Waals surface area contributed by atoms with Gasteiger partial charge >= 0.3 is 5.97 Å². The predicted octanol–water partition coefficient (Wildman–Crippen LogP) is 4.17. The van der Waals surface area contributed by atoms with Crippen LogP contribution in [0.15, 0.2) is 24.3 Å². The number of aromatic amines is 1. The number of hydrogen-bond acceptors (Lipinski definition) is 3. The van der Waals surface area contributed by atoms with Crippen LogP contribution >= 0.6 is 0 Å². The summed E-state index contributed by atoms with van der Waals surface area (Å²) in [6.07, 6.45) is 8.64. The van der Waals surface area contributed by atoms with Gasteiger partial charge in [0.05, 0.1) is 0 Å². The Morgan fingerprint density at radius 2 is 1.52 bits per heavy atom. The Bertz CT molecular complexity index is 481. The number of aromatic nitrogens is 3. The van der Waals surface area contributed by atoms with Crippen molar-refractivity contribution in [2.45, 2.75) is 58.3 Å². The molecule has 0 saturated carbocycles. The van der Waals surface area contributed by atoms with Gasteiger partial charge in [-0.05, 0) is 18.6 Å². The predicted molar refractivity (Wildman–Crippen MR) is 84.1 cm³/mol. The SMILES string of the molecule is CCCCCCCCCC(=O)O.c1ccc2n[nH]nc2c1. The summed E-state index contributed by atoms with van der Waals surface area (Å²) in [5, 5.41) is 18.7. The lowest BCUT2D eigenvalue weighted by Gasteiger charge is -1.98. The Kier molecular flexibility index (Phi) is 8.84. The van der Waals surface area contributed by atoms with E-state index in [2.05, 4.69) is 22.3 Å². The highest BCUT2D eigenvalue weighted by atomic mass is 16.4. The third kappa shape index (κ3) is 8.07. The molecule has 21 heavy (non-hydrogen) atoms. The van der Waals surface area contributed by atoms with E-state index in [1.54, 1.807) is 0 Å². The minimum absolute atomic E-state index is 0.341. The third-order valence-corrected chi connectivity index (χ3v) is 3.22. The number of rotatable bonds is 8. The van der Waals surface area contributed by atoms with E-state index in [0.29, 0.717) is 6.42 Å². The van der Waals surface area contributed by atoms with Crippen molar-refractivity contribution in [1.82, 2.24) is 15.4 Å². The van der Waals surface area contributed by atoms with Crippen LogP contribution in [0.25, 0.3) is 11.0 Å². The number of hydrogen-bond donors (Lipinski definition) is 2. The van der Waals surface area contributed by atoms with Crippen molar-refractivity contribution in [2.24, 2.45) is 0 Å². The zero-order valence-electron chi connectivity index (χ0n) is 12.7. The summed E-state index contributed by atoms with van der Waals surface area (Å²) in [6.45, 7) is 2.20. The Labute approximate surface area is 125 Å². The molecule has 1 heterocycles. The van der Waals surface area contributed by atoms with Gasteiger partial charge in [-0.25, -0.2) is 0 Å². The minimum atomic E-state index is -0.663. The first-order chi connectivity index (χ1) is 10.2. The van der Waals surface area contributed by atoms with Crippen molar-refractivity contribution in [1.29, 1.82) is 0 Å². The molecule has 5 nitrogen and oxygen atoms in total. The smallest absolute Gasteiger partial charge is 0.303 e. The van der Waals surface area contributed by atoms with E-state index in [-0.39, 0.29) is 0 Å². The molecule has 0 unspecified atom stereocenters. The monoisotopic (exact) mass is 291 g/mol. The third-order valence-electron chi connectivity index (χ3n) is 3.22. The molecule has 0 bridgehead atoms. The molecule has 2 rings (SSSR count). The summed E-state index contributed by atoms with van der Waals surface area (Å²) < 4.78 is 0. The molecule has 2 aromatic rings. The molecule has 0 amide bonds. The second-order valence-corrected chi connectivity index (χ2v) is 5.08. The van der Waals surface area contributed by atoms with Crippen LogP contribution in [0.4, 0.5) is 0 Å². The van der Waals surface area contributed by atoms with Gasteiger partial charge in [-0.3, -0.25) is 4.79 Å². The van der Waals surface area contributed by atoms with E-state index in [1.807, 2.05) is 24.3 Å². The quantitative estimate of drug-likeness (QED) is 0.715. The molecular weight excluding hydrogens is 266 g/mol. The Morgan fingerprint density at radius 3 is 2.05 bits per heavy atom. The first-order valence-electron chi connectivity index (χ1n) is 7.71. The van der Waals surface area contributed by atoms with E-state index in [0.717, 1.165) is 23.9 Å². The summed E-state index contributed by atoms with van der Waals surface area (Å²) >= 11 is 0. The van der Waals surface area contributed by atoms with Crippen molar-refractivity contribution < 1.29 is 9.90 Å². The van der Waals surface area contributed by atoms with Crippen LogP contribution in [0.3, 0.4) is 0 Å². The molecule has 0 aliphatic rings. The minimum Gasteiger partial charge on any atom is -0.481 e. The molecule has 0 aliphatic heterocycles. The molecule has 1 aromatic heterocycles. The number of nitrogens with one attached hydrogen (secondary N) is 1. The average Bonchev–Trinajstić information content (AvgIpc) is 2.95. The summed E-state index contributed by atoms with van der Waals surface area (Å²) in [4.78, 5) is 10.1. The number of para-hydroxylation sites is 2. The normalized spacial score (nSPS) is 10.1. The number of carboxylic acids is 1. The molecule has 0 spiro atoms. The molecule has 0 atom stereocenters. The van der Waals surface area contributed by atoms with Crippen molar-refractivity contribution in [3.63, 3.8) is 0 Å². The van der Waals surface area contributed by atoms with Gasteiger partial charge in [-0.2, -0.15) is 15.4 Å². The van der Waals surface area contributed by atoms with Gasteiger partial charge < -0.3 is 5.11 Å². The lowest BCUT2D eigenvalue weighted by Crippen LogP contribution is -1.93. The van der Waals surface area contributed by atoms with E-state index in [4.69, 9.17) is 5.11 Å². The topological polar surface area (TPSA) is 78.9 Å². The Balaban J connectivity index is 0.000000216. The van der Waals surface area contributed by atoms with Crippen LogP contribution in [0.1, 0.15) is 58.3 Å². The highest BCUT2D eigenvalue weighted by Gasteiger charge is 1.95. The Morgan fingerprint density at radius 1 is 1.00 bits per heavy atom. The van der Waals surface area contributed by atoms with Gasteiger partial charge in [-0.15, -0.1) is 0 Å². The Hall–Kier alpha value is -1.91. The van der Waals surface area contributed by atoms with Crippen LogP contribution in [-0.4, -0.2) is 26.5 Å². The fourth-order valence-corrected chi connectivity index (χ4v) is 2.02. The molecule has 0 aliphatic carbocycles. The first-order valence-corrected chi connectivity index (χ1v) is 7.71. The van der Waals surface area contributed by atoms with Crippen molar-refractivity contribution in [3.8, 4) is 0 Å². The van der Waals surface area contributed by atoms with Crippen LogP contribution in [-0.2, 0) is 4.79 Å². The number of carbonyl (C=O) groups is 1. The summed E-state index contributed by atoms with van der Waals surface area (Å²) in [5.41, 5.74) is 1.83. The van der Waals surface area contributed by atoms with Crippen LogP contribution in [0.5, 0.6) is 0 Å². The van der Waals surface area contributed by atoms with Gasteiger partial charge in [0.25, 0.3) is 0 Å². The van der Waals surface area contributed by atoms with E-state index >= 15 is 0 Å². The molecule has 1 aromatic carbocycles. The van der Waals surface area contributed by atoms with Gasteiger partial charge in [0.15, 0.2) is 0 Å². The lowest BCUT2D eigenvalue weighted by atomic mass is 10.1. The van der Waals surface area contributed by atoms with Gasteiger partial charge in [0.2, 0.25) is 0 Å². The molecule has 0 radical (unpaired) electrons. The number of carboxylic acid groups (broad SMARTS) is 1. The summed E-state index contributed by atoms with van der Waals surface area (Å²) in [5.74, 6) is -0.663. The number of fused-ring (bicyclic) bond motifs is 1. The largest absolute Gasteiger partial charge is 0.481 e. The van der Waals surface area contributed by atoms with E-state index in [1.165, 1.54) is 32.1 Å². The zero-order valence-corrected chi connectivity index (χ0v) is 12.7. The van der Waals surface area contributed by atoms with Gasteiger partial charge in [0.1, 0.15) is 11.0 Å². The lowest BCUT2D eigenvalue weighted by molar-refractivity contribution is -0.137. The maximum Gasteiger partial charge on any atom is 0.303 e. The number of unbranched alkanes of at least 4 members (excludes halogenated alkanes) is 6.